The van der Waals surface area contributed by atoms with Gasteiger partial charge in [-0.3, -0.25) is 9.59 Å². The van der Waals surface area contributed by atoms with Crippen LogP contribution in [0.1, 0.15) is 25.3 Å². The van der Waals surface area contributed by atoms with E-state index >= 15 is 0 Å². The first-order valence-corrected chi connectivity index (χ1v) is 9.18. The van der Waals surface area contributed by atoms with Crippen molar-refractivity contribution in [3.8, 4) is 11.5 Å². The summed E-state index contributed by atoms with van der Waals surface area (Å²) in [5, 5.41) is 21.2. The first-order valence-electron chi connectivity index (χ1n) is 9.18. The van der Waals surface area contributed by atoms with Crippen LogP contribution in [0.2, 0.25) is 0 Å². The lowest BCUT2D eigenvalue weighted by Crippen LogP contribution is -2.08. The highest BCUT2D eigenvalue weighted by atomic mass is 16.5. The summed E-state index contributed by atoms with van der Waals surface area (Å²) in [7, 11) is 0. The highest BCUT2D eigenvalue weighted by Crippen LogP contribution is 2.44. The fourth-order valence-corrected chi connectivity index (χ4v) is 3.30. The minimum Gasteiger partial charge on any atom is -0.492 e. The molecular formula is C22H22O6. The second-order valence-corrected chi connectivity index (χ2v) is 6.38. The van der Waals surface area contributed by atoms with E-state index in [9.17, 15) is 9.59 Å². The molecule has 3 aromatic rings. The number of benzene rings is 3. The predicted octanol–water partition coefficient (Wildman–Crippen LogP) is 4.26. The monoisotopic (exact) mass is 382 g/mol. The van der Waals surface area contributed by atoms with Crippen LogP contribution in [0.25, 0.3) is 21.5 Å². The lowest BCUT2D eigenvalue weighted by Gasteiger charge is -2.19. The Morgan fingerprint density at radius 1 is 0.786 bits per heavy atom. The summed E-state index contributed by atoms with van der Waals surface area (Å²) in [5.41, 5.74) is 1.05. The number of aliphatic carboxylic acids is 2. The zero-order valence-corrected chi connectivity index (χ0v) is 15.6. The van der Waals surface area contributed by atoms with Gasteiger partial charge in [0.05, 0.1) is 26.1 Å². The van der Waals surface area contributed by atoms with Crippen LogP contribution < -0.4 is 9.47 Å². The molecule has 0 bridgehead atoms. The van der Waals surface area contributed by atoms with Crippen LogP contribution in [-0.4, -0.2) is 35.4 Å². The molecule has 0 aromatic heterocycles. The van der Waals surface area contributed by atoms with Crippen molar-refractivity contribution in [3.63, 3.8) is 0 Å². The zero-order valence-electron chi connectivity index (χ0n) is 15.6. The van der Waals surface area contributed by atoms with Gasteiger partial charge in [0.2, 0.25) is 0 Å². The van der Waals surface area contributed by atoms with Gasteiger partial charge in [0, 0.05) is 21.5 Å². The van der Waals surface area contributed by atoms with E-state index in [0.29, 0.717) is 11.5 Å². The summed E-state index contributed by atoms with van der Waals surface area (Å²) in [6.45, 7) is 2.16. The number of carboxylic acids is 2. The number of rotatable bonds is 9. The van der Waals surface area contributed by atoms with Crippen molar-refractivity contribution in [2.24, 2.45) is 0 Å². The molecule has 2 N–H and O–H groups in total. The minimum atomic E-state index is -0.920. The molecule has 0 saturated heterocycles. The largest absolute Gasteiger partial charge is 0.492 e. The molecule has 0 radical (unpaired) electrons. The Labute approximate surface area is 162 Å². The van der Waals surface area contributed by atoms with E-state index < -0.39 is 11.9 Å². The van der Waals surface area contributed by atoms with Gasteiger partial charge < -0.3 is 19.7 Å². The standard InChI is InChI=1S/C22H22O6/c1-2-14-6-5-9-17-20(14)22(28-13-11-19(25)26)16-8-4-3-7-15(16)21(17)27-12-10-18(23)24/h3-9H,2,10-13H2,1H3,(H,23,24)(H,25,26). The molecule has 6 nitrogen and oxygen atoms in total. The van der Waals surface area contributed by atoms with Gasteiger partial charge in [0.15, 0.2) is 0 Å². The quantitative estimate of drug-likeness (QED) is 0.537. The van der Waals surface area contributed by atoms with Gasteiger partial charge in [0.25, 0.3) is 0 Å². The van der Waals surface area contributed by atoms with Crippen molar-refractivity contribution < 1.29 is 29.3 Å². The highest BCUT2D eigenvalue weighted by Gasteiger charge is 2.18. The van der Waals surface area contributed by atoms with E-state index in [1.54, 1.807) is 0 Å². The molecule has 0 heterocycles. The smallest absolute Gasteiger partial charge is 0.306 e. The summed E-state index contributed by atoms with van der Waals surface area (Å²) in [4.78, 5) is 21.8. The molecule has 0 aliphatic rings. The van der Waals surface area contributed by atoms with Gasteiger partial charge in [-0.2, -0.15) is 0 Å². The number of hydrogen-bond donors (Lipinski definition) is 2. The zero-order chi connectivity index (χ0) is 20.1. The molecule has 0 atom stereocenters. The van der Waals surface area contributed by atoms with Gasteiger partial charge in [-0.05, 0) is 12.0 Å². The van der Waals surface area contributed by atoms with Crippen molar-refractivity contribution in [3.05, 3.63) is 48.0 Å². The maximum atomic E-state index is 10.9. The Bertz CT molecular complexity index is 1020. The third-order valence-corrected chi connectivity index (χ3v) is 4.54. The minimum absolute atomic E-state index is 0.0595. The van der Waals surface area contributed by atoms with Crippen LogP contribution in [0, 0.1) is 0 Å². The Morgan fingerprint density at radius 2 is 1.32 bits per heavy atom. The van der Waals surface area contributed by atoms with Crippen LogP contribution in [0.3, 0.4) is 0 Å². The van der Waals surface area contributed by atoms with E-state index in [0.717, 1.165) is 33.5 Å². The molecule has 3 rings (SSSR count). The van der Waals surface area contributed by atoms with Crippen LogP contribution in [-0.2, 0) is 16.0 Å². The topological polar surface area (TPSA) is 93.1 Å². The lowest BCUT2D eigenvalue weighted by atomic mass is 9.96. The predicted molar refractivity (Wildman–Crippen MR) is 106 cm³/mol. The second-order valence-electron chi connectivity index (χ2n) is 6.38. The van der Waals surface area contributed by atoms with Crippen molar-refractivity contribution in [2.45, 2.75) is 26.2 Å². The van der Waals surface area contributed by atoms with E-state index in [1.165, 1.54) is 0 Å². The first-order chi connectivity index (χ1) is 13.5. The Hall–Kier alpha value is -3.28. The second kappa shape index (κ2) is 8.61. The molecule has 3 aromatic carbocycles. The van der Waals surface area contributed by atoms with Gasteiger partial charge in [-0.15, -0.1) is 0 Å². The van der Waals surface area contributed by atoms with E-state index in [1.807, 2.05) is 49.4 Å². The van der Waals surface area contributed by atoms with E-state index in [4.69, 9.17) is 19.7 Å². The Balaban J connectivity index is 2.22. The summed E-state index contributed by atoms with van der Waals surface area (Å²) in [6.07, 6.45) is 0.570. The van der Waals surface area contributed by atoms with Crippen molar-refractivity contribution in [1.82, 2.24) is 0 Å². The van der Waals surface area contributed by atoms with Crippen LogP contribution in [0.5, 0.6) is 11.5 Å². The van der Waals surface area contributed by atoms with E-state index in [2.05, 4.69) is 0 Å². The van der Waals surface area contributed by atoms with Gasteiger partial charge >= 0.3 is 11.9 Å². The highest BCUT2D eigenvalue weighted by molar-refractivity contribution is 6.12. The molecule has 0 aliphatic heterocycles. The first kappa shape index (κ1) is 19.5. The number of carboxylic acid groups (broad SMARTS) is 2. The van der Waals surface area contributed by atoms with Gasteiger partial charge in [0.1, 0.15) is 11.5 Å². The SMILES string of the molecule is CCc1cccc2c(OCCC(=O)O)c3ccccc3c(OCCC(=O)O)c12. The summed E-state index contributed by atoms with van der Waals surface area (Å²) >= 11 is 0. The molecule has 0 unspecified atom stereocenters. The van der Waals surface area contributed by atoms with Gasteiger partial charge in [-0.25, -0.2) is 0 Å². The Kier molecular flexibility index (Phi) is 5.99. The molecule has 0 saturated carbocycles. The third kappa shape index (κ3) is 4.01. The molecule has 146 valence electrons. The van der Waals surface area contributed by atoms with Crippen LogP contribution in [0.4, 0.5) is 0 Å². The average molecular weight is 382 g/mol. The maximum Gasteiger partial charge on any atom is 0.306 e. The van der Waals surface area contributed by atoms with Crippen LogP contribution in [0.15, 0.2) is 42.5 Å². The molecular weight excluding hydrogens is 360 g/mol. The number of aryl methyl sites for hydroxylation is 1. The fraction of sp³-hybridized carbons (Fsp3) is 0.273. The molecule has 28 heavy (non-hydrogen) atoms. The molecule has 6 heteroatoms. The molecule has 0 aliphatic carbocycles. The summed E-state index contributed by atoms with van der Waals surface area (Å²) < 4.78 is 11.9. The average Bonchev–Trinajstić information content (AvgIpc) is 2.68. The third-order valence-electron chi connectivity index (χ3n) is 4.54. The summed E-state index contributed by atoms with van der Waals surface area (Å²) in [5.74, 6) is -0.586. The molecule has 0 spiro atoms. The number of fused-ring (bicyclic) bond motifs is 2. The molecule has 0 fully saturated rings. The summed E-state index contributed by atoms with van der Waals surface area (Å²) in [6, 6.07) is 13.4. The van der Waals surface area contributed by atoms with E-state index in [-0.39, 0.29) is 26.1 Å². The number of hydrogen-bond acceptors (Lipinski definition) is 4. The number of carbonyl (C=O) groups is 2. The fourth-order valence-electron chi connectivity index (χ4n) is 3.30. The maximum absolute atomic E-state index is 10.9. The van der Waals surface area contributed by atoms with Gasteiger partial charge in [-0.1, -0.05) is 49.4 Å². The molecule has 0 amide bonds. The van der Waals surface area contributed by atoms with Crippen molar-refractivity contribution >= 4 is 33.5 Å². The van der Waals surface area contributed by atoms with Crippen molar-refractivity contribution in [2.75, 3.05) is 13.2 Å². The van der Waals surface area contributed by atoms with Crippen LogP contribution >= 0.6 is 0 Å². The number of ether oxygens (including phenoxy) is 2. The lowest BCUT2D eigenvalue weighted by molar-refractivity contribution is -0.138. The Morgan fingerprint density at radius 3 is 1.89 bits per heavy atom. The normalized spacial score (nSPS) is 10.9. The van der Waals surface area contributed by atoms with Crippen molar-refractivity contribution in [1.29, 1.82) is 0 Å².